The standard InChI is InChI=1S/C15H33N3O/c1-13(2)18-7-8-19-14(10-18)9-16-11-15(3,4)12-17(5)6/h13-14,16H,7-12H2,1-6H3. The topological polar surface area (TPSA) is 27.7 Å². The molecule has 0 aromatic rings. The highest BCUT2D eigenvalue weighted by molar-refractivity contribution is 4.79. The van der Waals surface area contributed by atoms with E-state index in [4.69, 9.17) is 4.74 Å². The lowest BCUT2D eigenvalue weighted by Gasteiger charge is -2.36. The summed E-state index contributed by atoms with van der Waals surface area (Å²) in [7, 11) is 4.26. The van der Waals surface area contributed by atoms with Crippen LogP contribution in [0.5, 0.6) is 0 Å². The predicted molar refractivity (Wildman–Crippen MR) is 81.7 cm³/mol. The molecule has 0 bridgehead atoms. The molecule has 1 rings (SSSR count). The Hall–Kier alpha value is -0.160. The maximum Gasteiger partial charge on any atom is 0.0826 e. The first-order chi connectivity index (χ1) is 8.80. The maximum atomic E-state index is 5.84. The second-order valence-corrected chi connectivity index (χ2v) is 7.11. The summed E-state index contributed by atoms with van der Waals surface area (Å²) in [5, 5.41) is 3.58. The molecule has 0 amide bonds. The van der Waals surface area contributed by atoms with Crippen molar-refractivity contribution < 1.29 is 4.74 Å². The highest BCUT2D eigenvalue weighted by Crippen LogP contribution is 2.14. The van der Waals surface area contributed by atoms with E-state index in [0.29, 0.717) is 17.6 Å². The van der Waals surface area contributed by atoms with E-state index in [0.717, 1.165) is 39.3 Å². The third-order valence-electron chi connectivity index (χ3n) is 3.62. The molecule has 1 saturated heterocycles. The van der Waals surface area contributed by atoms with Gasteiger partial charge in [0.15, 0.2) is 0 Å². The van der Waals surface area contributed by atoms with Gasteiger partial charge in [-0.1, -0.05) is 13.8 Å². The van der Waals surface area contributed by atoms with Crippen molar-refractivity contribution >= 4 is 0 Å². The second kappa shape index (κ2) is 7.58. The third-order valence-corrected chi connectivity index (χ3v) is 3.62. The van der Waals surface area contributed by atoms with E-state index < -0.39 is 0 Å². The smallest absolute Gasteiger partial charge is 0.0826 e. The first-order valence-electron chi connectivity index (χ1n) is 7.51. The minimum atomic E-state index is 0.301. The third kappa shape index (κ3) is 6.70. The van der Waals surface area contributed by atoms with Crippen molar-refractivity contribution in [2.75, 3.05) is 53.4 Å². The number of nitrogens with one attached hydrogen (secondary N) is 1. The van der Waals surface area contributed by atoms with Gasteiger partial charge in [0.1, 0.15) is 0 Å². The normalized spacial score (nSPS) is 22.4. The minimum absolute atomic E-state index is 0.301. The van der Waals surface area contributed by atoms with Crippen LogP contribution in [0.1, 0.15) is 27.7 Å². The minimum Gasteiger partial charge on any atom is -0.374 e. The number of ether oxygens (including phenoxy) is 1. The van der Waals surface area contributed by atoms with Crippen molar-refractivity contribution in [3.63, 3.8) is 0 Å². The molecule has 0 radical (unpaired) electrons. The van der Waals surface area contributed by atoms with Crippen LogP contribution in [0.25, 0.3) is 0 Å². The van der Waals surface area contributed by atoms with Crippen molar-refractivity contribution in [2.24, 2.45) is 5.41 Å². The number of rotatable bonds is 7. The Bertz CT molecular complexity index is 254. The van der Waals surface area contributed by atoms with Gasteiger partial charge in [0.25, 0.3) is 0 Å². The molecule has 114 valence electrons. The Morgan fingerprint density at radius 3 is 2.63 bits per heavy atom. The average molecular weight is 271 g/mol. The van der Waals surface area contributed by atoms with Crippen LogP contribution in [-0.2, 0) is 4.74 Å². The van der Waals surface area contributed by atoms with Crippen LogP contribution in [-0.4, -0.2) is 75.4 Å². The zero-order valence-corrected chi connectivity index (χ0v) is 13.7. The predicted octanol–water partition coefficient (Wildman–Crippen LogP) is 1.27. The summed E-state index contributed by atoms with van der Waals surface area (Å²) in [6, 6.07) is 0.622. The average Bonchev–Trinajstić information content (AvgIpc) is 2.27. The number of nitrogens with zero attached hydrogens (tertiary/aromatic N) is 2. The first kappa shape index (κ1) is 16.9. The van der Waals surface area contributed by atoms with Crippen LogP contribution in [0.4, 0.5) is 0 Å². The summed E-state index contributed by atoms with van der Waals surface area (Å²) in [4.78, 5) is 4.75. The van der Waals surface area contributed by atoms with Crippen LogP contribution in [0, 0.1) is 5.41 Å². The highest BCUT2D eigenvalue weighted by atomic mass is 16.5. The number of hydrogen-bond donors (Lipinski definition) is 1. The van der Waals surface area contributed by atoms with E-state index in [-0.39, 0.29) is 0 Å². The van der Waals surface area contributed by atoms with Crippen LogP contribution in [0.2, 0.25) is 0 Å². The van der Waals surface area contributed by atoms with Gasteiger partial charge in [0.05, 0.1) is 12.7 Å². The maximum absolute atomic E-state index is 5.84. The van der Waals surface area contributed by atoms with Gasteiger partial charge < -0.3 is 15.0 Å². The van der Waals surface area contributed by atoms with E-state index in [1.807, 2.05) is 0 Å². The highest BCUT2D eigenvalue weighted by Gasteiger charge is 2.23. The van der Waals surface area contributed by atoms with Crippen LogP contribution < -0.4 is 5.32 Å². The zero-order chi connectivity index (χ0) is 14.5. The van der Waals surface area contributed by atoms with E-state index >= 15 is 0 Å². The van der Waals surface area contributed by atoms with Crippen LogP contribution in [0.3, 0.4) is 0 Å². The Morgan fingerprint density at radius 1 is 1.37 bits per heavy atom. The molecule has 1 aliphatic heterocycles. The first-order valence-corrected chi connectivity index (χ1v) is 7.51. The number of hydrogen-bond acceptors (Lipinski definition) is 4. The SMILES string of the molecule is CC(C)N1CCOC(CNCC(C)(C)CN(C)C)C1. The molecule has 4 heteroatoms. The van der Waals surface area contributed by atoms with E-state index in [1.54, 1.807) is 0 Å². The number of morpholine rings is 1. The van der Waals surface area contributed by atoms with Gasteiger partial charge in [-0.25, -0.2) is 0 Å². The van der Waals surface area contributed by atoms with Gasteiger partial charge in [0, 0.05) is 38.8 Å². The zero-order valence-electron chi connectivity index (χ0n) is 13.7. The molecular formula is C15H33N3O. The van der Waals surface area contributed by atoms with Crippen molar-refractivity contribution in [3.05, 3.63) is 0 Å². The fourth-order valence-corrected chi connectivity index (χ4v) is 2.82. The molecule has 19 heavy (non-hydrogen) atoms. The molecule has 4 nitrogen and oxygen atoms in total. The van der Waals surface area contributed by atoms with E-state index in [9.17, 15) is 0 Å². The molecule has 1 fully saturated rings. The molecule has 0 aliphatic carbocycles. The Kier molecular flexibility index (Phi) is 6.74. The molecule has 1 atom stereocenters. The lowest BCUT2D eigenvalue weighted by Crippen LogP contribution is -2.50. The fraction of sp³-hybridized carbons (Fsp3) is 1.00. The van der Waals surface area contributed by atoms with E-state index in [2.05, 4.69) is 56.9 Å². The van der Waals surface area contributed by atoms with Gasteiger partial charge in [-0.2, -0.15) is 0 Å². The molecule has 0 saturated carbocycles. The van der Waals surface area contributed by atoms with Crippen molar-refractivity contribution in [3.8, 4) is 0 Å². The molecule has 0 spiro atoms. The lowest BCUT2D eigenvalue weighted by molar-refractivity contribution is -0.0378. The van der Waals surface area contributed by atoms with Crippen LogP contribution >= 0.6 is 0 Å². The largest absolute Gasteiger partial charge is 0.374 e. The van der Waals surface area contributed by atoms with Crippen LogP contribution in [0.15, 0.2) is 0 Å². The second-order valence-electron chi connectivity index (χ2n) is 7.11. The fourth-order valence-electron chi connectivity index (χ4n) is 2.82. The van der Waals surface area contributed by atoms with Gasteiger partial charge in [0.2, 0.25) is 0 Å². The van der Waals surface area contributed by atoms with Crippen molar-refractivity contribution in [1.82, 2.24) is 15.1 Å². The van der Waals surface area contributed by atoms with Gasteiger partial charge in [-0.3, -0.25) is 4.90 Å². The summed E-state index contributed by atoms with van der Waals surface area (Å²) < 4.78 is 5.84. The molecule has 0 aromatic heterocycles. The molecule has 1 unspecified atom stereocenters. The Morgan fingerprint density at radius 2 is 2.05 bits per heavy atom. The van der Waals surface area contributed by atoms with Crippen molar-refractivity contribution in [2.45, 2.75) is 39.8 Å². The summed E-state index contributed by atoms with van der Waals surface area (Å²) >= 11 is 0. The summed E-state index contributed by atoms with van der Waals surface area (Å²) in [5.74, 6) is 0. The molecular weight excluding hydrogens is 238 g/mol. The summed E-state index contributed by atoms with van der Waals surface area (Å²) in [6.45, 7) is 15.2. The van der Waals surface area contributed by atoms with Gasteiger partial charge >= 0.3 is 0 Å². The molecule has 1 aliphatic rings. The Balaban J connectivity index is 2.25. The van der Waals surface area contributed by atoms with Gasteiger partial charge in [-0.15, -0.1) is 0 Å². The monoisotopic (exact) mass is 271 g/mol. The van der Waals surface area contributed by atoms with Crippen molar-refractivity contribution in [1.29, 1.82) is 0 Å². The summed E-state index contributed by atoms with van der Waals surface area (Å²) in [6.07, 6.45) is 0.339. The van der Waals surface area contributed by atoms with Gasteiger partial charge in [-0.05, 0) is 33.4 Å². The molecule has 0 aromatic carbocycles. The quantitative estimate of drug-likeness (QED) is 0.755. The summed E-state index contributed by atoms with van der Waals surface area (Å²) in [5.41, 5.74) is 0.301. The Labute approximate surface area is 119 Å². The molecule has 1 N–H and O–H groups in total. The lowest BCUT2D eigenvalue weighted by atomic mass is 9.93. The van der Waals surface area contributed by atoms with E-state index in [1.165, 1.54) is 0 Å². The molecule has 1 heterocycles.